The number of aromatic nitrogens is 2. The average molecular weight is 305 g/mol. The maximum absolute atomic E-state index is 6.22. The fraction of sp³-hybridized carbons (Fsp3) is 0.375. The van der Waals surface area contributed by atoms with E-state index in [-0.39, 0.29) is 5.92 Å². The molecule has 2 N–H and O–H groups in total. The van der Waals surface area contributed by atoms with Crippen LogP contribution in [-0.2, 0) is 6.54 Å². The lowest BCUT2D eigenvalue weighted by molar-refractivity contribution is 0.761. The van der Waals surface area contributed by atoms with E-state index in [1.807, 2.05) is 38.2 Å². The van der Waals surface area contributed by atoms with Gasteiger partial charge in [-0.25, -0.2) is 9.97 Å². The summed E-state index contributed by atoms with van der Waals surface area (Å²) in [6.45, 7) is 6.73. The Balaban J connectivity index is 2.35. The monoisotopic (exact) mass is 304 g/mol. The summed E-state index contributed by atoms with van der Waals surface area (Å²) in [5, 5.41) is 0.758. The van der Waals surface area contributed by atoms with Gasteiger partial charge in [-0.15, -0.1) is 0 Å². The predicted molar refractivity (Wildman–Crippen MR) is 88.8 cm³/mol. The van der Waals surface area contributed by atoms with Gasteiger partial charge in [-0.1, -0.05) is 43.6 Å². The molecule has 1 aromatic carbocycles. The second-order valence-electron chi connectivity index (χ2n) is 5.52. The molecule has 1 aromatic heterocycles. The van der Waals surface area contributed by atoms with E-state index in [1.165, 1.54) is 0 Å². The molecule has 0 saturated carbocycles. The number of hydrogen-bond acceptors (Lipinski definition) is 4. The highest BCUT2D eigenvalue weighted by molar-refractivity contribution is 6.31. The van der Waals surface area contributed by atoms with Crippen LogP contribution in [-0.4, -0.2) is 17.0 Å². The SMILES string of the molecule is Cc1c(N)nc(C(C)C)nc1N(C)Cc1ccccc1Cl. The zero-order chi connectivity index (χ0) is 15.6. The van der Waals surface area contributed by atoms with E-state index in [0.29, 0.717) is 12.4 Å². The first-order valence-corrected chi connectivity index (χ1v) is 7.36. The first-order valence-electron chi connectivity index (χ1n) is 6.98. The van der Waals surface area contributed by atoms with Gasteiger partial charge in [-0.05, 0) is 18.6 Å². The van der Waals surface area contributed by atoms with Gasteiger partial charge in [-0.2, -0.15) is 0 Å². The zero-order valence-electron chi connectivity index (χ0n) is 12.9. The molecule has 0 atom stereocenters. The minimum absolute atomic E-state index is 0.236. The van der Waals surface area contributed by atoms with Crippen molar-refractivity contribution in [2.24, 2.45) is 0 Å². The summed E-state index contributed by atoms with van der Waals surface area (Å²) in [6.07, 6.45) is 0. The van der Waals surface area contributed by atoms with Gasteiger partial charge in [0.05, 0.1) is 0 Å². The summed E-state index contributed by atoms with van der Waals surface area (Å²) in [5.41, 5.74) is 7.97. The van der Waals surface area contributed by atoms with Gasteiger partial charge in [0.2, 0.25) is 0 Å². The standard InChI is InChI=1S/C16H21ClN4/c1-10(2)15-19-14(18)11(3)16(20-15)21(4)9-12-7-5-6-8-13(12)17/h5-8,10H,9H2,1-4H3,(H2,18,19,20). The Labute approximate surface area is 131 Å². The van der Waals surface area contributed by atoms with Gasteiger partial charge in [0.25, 0.3) is 0 Å². The van der Waals surface area contributed by atoms with Crippen molar-refractivity contribution < 1.29 is 0 Å². The smallest absolute Gasteiger partial charge is 0.137 e. The fourth-order valence-electron chi connectivity index (χ4n) is 2.13. The Kier molecular flexibility index (Phi) is 4.68. The third kappa shape index (κ3) is 3.45. The third-order valence-corrected chi connectivity index (χ3v) is 3.79. The Morgan fingerprint density at radius 3 is 2.52 bits per heavy atom. The molecule has 0 unspecified atom stereocenters. The van der Waals surface area contributed by atoms with Gasteiger partial charge < -0.3 is 10.6 Å². The third-order valence-electron chi connectivity index (χ3n) is 3.42. The topological polar surface area (TPSA) is 55.0 Å². The van der Waals surface area contributed by atoms with E-state index in [1.54, 1.807) is 0 Å². The normalized spacial score (nSPS) is 11.0. The van der Waals surface area contributed by atoms with Crippen molar-refractivity contribution in [2.75, 3.05) is 17.7 Å². The number of nitrogen functional groups attached to an aromatic ring is 1. The van der Waals surface area contributed by atoms with E-state index in [4.69, 9.17) is 17.3 Å². The molecule has 0 amide bonds. The number of nitrogens with two attached hydrogens (primary N) is 1. The highest BCUT2D eigenvalue weighted by Gasteiger charge is 2.15. The molecule has 0 aliphatic carbocycles. The highest BCUT2D eigenvalue weighted by atomic mass is 35.5. The molecule has 5 heteroatoms. The van der Waals surface area contributed by atoms with Crippen molar-refractivity contribution in [1.29, 1.82) is 0 Å². The molecule has 2 aromatic rings. The Morgan fingerprint density at radius 2 is 1.90 bits per heavy atom. The largest absolute Gasteiger partial charge is 0.383 e. The summed E-state index contributed by atoms with van der Waals surface area (Å²) < 4.78 is 0. The van der Waals surface area contributed by atoms with Crippen molar-refractivity contribution in [3.05, 3.63) is 46.2 Å². The number of halogens is 1. The molecule has 0 aliphatic heterocycles. The molecule has 0 spiro atoms. The van der Waals surface area contributed by atoms with Crippen LogP contribution in [0.1, 0.15) is 36.7 Å². The first kappa shape index (κ1) is 15.6. The van der Waals surface area contributed by atoms with Crippen LogP contribution < -0.4 is 10.6 Å². The summed E-state index contributed by atoms with van der Waals surface area (Å²) in [4.78, 5) is 11.1. The molecular weight excluding hydrogens is 284 g/mol. The van der Waals surface area contributed by atoms with E-state index in [0.717, 1.165) is 27.8 Å². The van der Waals surface area contributed by atoms with Gasteiger partial charge in [0.15, 0.2) is 0 Å². The van der Waals surface area contributed by atoms with Crippen molar-refractivity contribution in [1.82, 2.24) is 9.97 Å². The lowest BCUT2D eigenvalue weighted by atomic mass is 10.2. The molecule has 0 radical (unpaired) electrons. The summed E-state index contributed by atoms with van der Waals surface area (Å²) >= 11 is 6.22. The average Bonchev–Trinajstić information content (AvgIpc) is 2.43. The molecule has 0 saturated heterocycles. The van der Waals surface area contributed by atoms with Crippen molar-refractivity contribution in [3.63, 3.8) is 0 Å². The molecule has 112 valence electrons. The highest BCUT2D eigenvalue weighted by Crippen LogP contribution is 2.26. The maximum atomic E-state index is 6.22. The fourth-order valence-corrected chi connectivity index (χ4v) is 2.32. The van der Waals surface area contributed by atoms with Crippen LogP contribution in [0.4, 0.5) is 11.6 Å². The molecule has 1 heterocycles. The maximum Gasteiger partial charge on any atom is 0.137 e. The first-order chi connectivity index (χ1) is 9.90. The minimum Gasteiger partial charge on any atom is -0.383 e. The Morgan fingerprint density at radius 1 is 1.24 bits per heavy atom. The number of benzene rings is 1. The Hall–Kier alpha value is -1.81. The van der Waals surface area contributed by atoms with Crippen LogP contribution in [0.3, 0.4) is 0 Å². The van der Waals surface area contributed by atoms with Gasteiger partial charge in [-0.3, -0.25) is 0 Å². The molecule has 4 nitrogen and oxygen atoms in total. The second kappa shape index (κ2) is 6.31. The number of nitrogens with zero attached hydrogens (tertiary/aromatic N) is 3. The molecule has 21 heavy (non-hydrogen) atoms. The van der Waals surface area contributed by atoms with E-state index >= 15 is 0 Å². The molecular formula is C16H21ClN4. The van der Waals surface area contributed by atoms with Crippen LogP contribution in [0, 0.1) is 6.92 Å². The quantitative estimate of drug-likeness (QED) is 0.934. The van der Waals surface area contributed by atoms with E-state index in [9.17, 15) is 0 Å². The predicted octanol–water partition coefficient (Wildman–Crippen LogP) is 3.78. The number of anilines is 2. The minimum atomic E-state index is 0.236. The van der Waals surface area contributed by atoms with Gasteiger partial charge in [0, 0.05) is 30.1 Å². The summed E-state index contributed by atoms with van der Waals surface area (Å²) in [6, 6.07) is 7.82. The van der Waals surface area contributed by atoms with Crippen molar-refractivity contribution in [3.8, 4) is 0 Å². The second-order valence-corrected chi connectivity index (χ2v) is 5.93. The van der Waals surface area contributed by atoms with E-state index in [2.05, 4.69) is 28.7 Å². The van der Waals surface area contributed by atoms with Crippen molar-refractivity contribution in [2.45, 2.75) is 33.2 Å². The van der Waals surface area contributed by atoms with Crippen LogP contribution in [0.2, 0.25) is 5.02 Å². The van der Waals surface area contributed by atoms with Crippen LogP contribution in [0.25, 0.3) is 0 Å². The molecule has 0 fully saturated rings. The molecule has 0 bridgehead atoms. The van der Waals surface area contributed by atoms with Crippen LogP contribution in [0.15, 0.2) is 24.3 Å². The van der Waals surface area contributed by atoms with Gasteiger partial charge in [0.1, 0.15) is 17.5 Å². The lowest BCUT2D eigenvalue weighted by Gasteiger charge is -2.22. The van der Waals surface area contributed by atoms with E-state index < -0.39 is 0 Å². The number of hydrogen-bond donors (Lipinski definition) is 1. The van der Waals surface area contributed by atoms with Crippen LogP contribution in [0.5, 0.6) is 0 Å². The van der Waals surface area contributed by atoms with Crippen LogP contribution >= 0.6 is 11.6 Å². The molecule has 2 rings (SSSR count). The van der Waals surface area contributed by atoms with Crippen molar-refractivity contribution >= 4 is 23.2 Å². The summed E-state index contributed by atoms with van der Waals surface area (Å²) in [7, 11) is 1.99. The van der Waals surface area contributed by atoms with Gasteiger partial charge >= 0.3 is 0 Å². The molecule has 0 aliphatic rings. The Bertz CT molecular complexity index is 640. The zero-order valence-corrected chi connectivity index (χ0v) is 13.6. The number of rotatable bonds is 4. The lowest BCUT2D eigenvalue weighted by Crippen LogP contribution is -2.21. The summed E-state index contributed by atoms with van der Waals surface area (Å²) in [5.74, 6) is 2.39.